The molecule has 1 amide bonds. The molecular weight excluding hydrogens is 244 g/mol. The third-order valence-corrected chi connectivity index (χ3v) is 2.81. The molecule has 0 unspecified atom stereocenters. The average molecular weight is 266 g/mol. The van der Waals surface area contributed by atoms with Crippen LogP contribution in [0.2, 0.25) is 0 Å². The van der Waals surface area contributed by atoms with Gasteiger partial charge in [0.25, 0.3) is 0 Å². The maximum atomic E-state index is 11.9. The standard InChI is InChI=1S/C14H22N2O3/c1-2-16(9-5-10-17)14(18)8-11-19-13-7-4-3-6-12(13)15/h3-4,6-7,17H,2,5,8-11,15H2,1H3. The summed E-state index contributed by atoms with van der Waals surface area (Å²) < 4.78 is 5.48. The van der Waals surface area contributed by atoms with Gasteiger partial charge in [0.05, 0.1) is 18.7 Å². The van der Waals surface area contributed by atoms with E-state index in [9.17, 15) is 4.79 Å². The SMILES string of the molecule is CCN(CCCO)C(=O)CCOc1ccccc1N. The highest BCUT2D eigenvalue weighted by Gasteiger charge is 2.11. The highest BCUT2D eigenvalue weighted by molar-refractivity contribution is 5.76. The molecule has 5 nitrogen and oxygen atoms in total. The normalized spacial score (nSPS) is 10.2. The molecule has 106 valence electrons. The molecule has 0 spiro atoms. The van der Waals surface area contributed by atoms with Gasteiger partial charge in [0.15, 0.2) is 0 Å². The smallest absolute Gasteiger partial charge is 0.225 e. The number of carbonyl (C=O) groups excluding carboxylic acids is 1. The van der Waals surface area contributed by atoms with Crippen LogP contribution in [0.25, 0.3) is 0 Å². The molecule has 0 heterocycles. The molecule has 1 rings (SSSR count). The van der Waals surface area contributed by atoms with E-state index in [1.54, 1.807) is 17.0 Å². The van der Waals surface area contributed by atoms with Crippen LogP contribution in [0, 0.1) is 0 Å². The minimum Gasteiger partial charge on any atom is -0.491 e. The molecule has 5 heteroatoms. The Morgan fingerprint density at radius 1 is 1.42 bits per heavy atom. The van der Waals surface area contributed by atoms with E-state index in [4.69, 9.17) is 15.6 Å². The number of ether oxygens (including phenoxy) is 1. The number of rotatable bonds is 8. The van der Waals surface area contributed by atoms with Gasteiger partial charge in [0, 0.05) is 19.7 Å². The number of hydrogen-bond acceptors (Lipinski definition) is 4. The lowest BCUT2D eigenvalue weighted by molar-refractivity contribution is -0.131. The highest BCUT2D eigenvalue weighted by Crippen LogP contribution is 2.19. The summed E-state index contributed by atoms with van der Waals surface area (Å²) in [6, 6.07) is 7.22. The van der Waals surface area contributed by atoms with Crippen LogP contribution in [-0.2, 0) is 4.79 Å². The van der Waals surface area contributed by atoms with Gasteiger partial charge in [-0.05, 0) is 25.5 Å². The number of nitrogens with two attached hydrogens (primary N) is 1. The van der Waals surface area contributed by atoms with Gasteiger partial charge < -0.3 is 20.5 Å². The zero-order chi connectivity index (χ0) is 14.1. The van der Waals surface area contributed by atoms with E-state index in [2.05, 4.69) is 0 Å². The molecular formula is C14H22N2O3. The van der Waals surface area contributed by atoms with Gasteiger partial charge in [-0.15, -0.1) is 0 Å². The molecule has 0 bridgehead atoms. The number of nitrogens with zero attached hydrogens (tertiary/aromatic N) is 1. The molecule has 0 radical (unpaired) electrons. The maximum absolute atomic E-state index is 11.9. The Hall–Kier alpha value is -1.75. The summed E-state index contributed by atoms with van der Waals surface area (Å²) in [6.07, 6.45) is 0.916. The minimum atomic E-state index is 0.0328. The summed E-state index contributed by atoms with van der Waals surface area (Å²) in [5, 5.41) is 8.77. The summed E-state index contributed by atoms with van der Waals surface area (Å²) in [5.41, 5.74) is 6.31. The fraction of sp³-hybridized carbons (Fsp3) is 0.500. The Labute approximate surface area is 114 Å². The van der Waals surface area contributed by atoms with E-state index in [1.165, 1.54) is 0 Å². The zero-order valence-corrected chi connectivity index (χ0v) is 11.3. The number of nitrogen functional groups attached to an aromatic ring is 1. The molecule has 0 saturated heterocycles. The molecule has 1 aromatic carbocycles. The second-order valence-corrected chi connectivity index (χ2v) is 4.19. The lowest BCUT2D eigenvalue weighted by Crippen LogP contribution is -2.33. The molecule has 1 aromatic rings. The van der Waals surface area contributed by atoms with Crippen LogP contribution in [0.4, 0.5) is 5.69 Å². The van der Waals surface area contributed by atoms with Crippen LogP contribution in [0.1, 0.15) is 19.8 Å². The number of benzene rings is 1. The molecule has 3 N–H and O–H groups in total. The Morgan fingerprint density at radius 3 is 2.79 bits per heavy atom. The Balaban J connectivity index is 2.35. The molecule has 0 aromatic heterocycles. The molecule has 19 heavy (non-hydrogen) atoms. The Bertz CT molecular complexity index is 396. The molecule has 0 aliphatic rings. The fourth-order valence-corrected chi connectivity index (χ4v) is 1.74. The van der Waals surface area contributed by atoms with Gasteiger partial charge >= 0.3 is 0 Å². The van der Waals surface area contributed by atoms with Crippen molar-refractivity contribution >= 4 is 11.6 Å². The largest absolute Gasteiger partial charge is 0.491 e. The average Bonchev–Trinajstić information content (AvgIpc) is 2.42. The second kappa shape index (κ2) is 8.37. The molecule has 0 saturated carbocycles. The first-order valence-electron chi connectivity index (χ1n) is 6.55. The quantitative estimate of drug-likeness (QED) is 0.695. The zero-order valence-electron chi connectivity index (χ0n) is 11.3. The Morgan fingerprint density at radius 2 is 2.16 bits per heavy atom. The van der Waals surface area contributed by atoms with E-state index in [0.29, 0.717) is 44.0 Å². The number of carbonyl (C=O) groups is 1. The number of amides is 1. The summed E-state index contributed by atoms with van der Waals surface area (Å²) >= 11 is 0. The van der Waals surface area contributed by atoms with Crippen LogP contribution in [0.3, 0.4) is 0 Å². The van der Waals surface area contributed by atoms with E-state index in [-0.39, 0.29) is 12.5 Å². The fourth-order valence-electron chi connectivity index (χ4n) is 1.74. The summed E-state index contributed by atoms with van der Waals surface area (Å²) in [4.78, 5) is 13.6. The van der Waals surface area contributed by atoms with Crippen molar-refractivity contribution in [2.75, 3.05) is 32.0 Å². The Kier molecular flexibility index (Phi) is 6.74. The molecule has 0 aliphatic carbocycles. The van der Waals surface area contributed by atoms with Gasteiger partial charge in [-0.3, -0.25) is 4.79 Å². The van der Waals surface area contributed by atoms with Crippen molar-refractivity contribution in [1.29, 1.82) is 0 Å². The second-order valence-electron chi connectivity index (χ2n) is 4.19. The van der Waals surface area contributed by atoms with Crippen molar-refractivity contribution in [3.05, 3.63) is 24.3 Å². The van der Waals surface area contributed by atoms with Crippen molar-refractivity contribution < 1.29 is 14.6 Å². The number of para-hydroxylation sites is 2. The lowest BCUT2D eigenvalue weighted by atomic mass is 10.3. The van der Waals surface area contributed by atoms with Crippen molar-refractivity contribution in [3.8, 4) is 5.75 Å². The summed E-state index contributed by atoms with van der Waals surface area (Å²) in [5.74, 6) is 0.638. The van der Waals surface area contributed by atoms with Gasteiger partial charge in [0.2, 0.25) is 5.91 Å². The third kappa shape index (κ3) is 5.18. The number of aliphatic hydroxyl groups excluding tert-OH is 1. The molecule has 0 fully saturated rings. The molecule has 0 atom stereocenters. The summed E-state index contributed by atoms with van der Waals surface area (Å²) in [7, 11) is 0. The monoisotopic (exact) mass is 266 g/mol. The van der Waals surface area contributed by atoms with Crippen LogP contribution in [0.5, 0.6) is 5.75 Å². The first kappa shape index (κ1) is 15.3. The van der Waals surface area contributed by atoms with Gasteiger partial charge in [-0.1, -0.05) is 12.1 Å². The van der Waals surface area contributed by atoms with E-state index in [1.807, 2.05) is 19.1 Å². The predicted octanol–water partition coefficient (Wildman–Crippen LogP) is 1.27. The van der Waals surface area contributed by atoms with Crippen LogP contribution < -0.4 is 10.5 Å². The van der Waals surface area contributed by atoms with Crippen molar-refractivity contribution in [3.63, 3.8) is 0 Å². The van der Waals surface area contributed by atoms with E-state index in [0.717, 1.165) is 0 Å². The van der Waals surface area contributed by atoms with Gasteiger partial charge in [-0.2, -0.15) is 0 Å². The van der Waals surface area contributed by atoms with Crippen molar-refractivity contribution in [1.82, 2.24) is 4.90 Å². The first-order chi connectivity index (χ1) is 9.19. The number of anilines is 1. The van der Waals surface area contributed by atoms with Gasteiger partial charge in [-0.25, -0.2) is 0 Å². The number of hydrogen-bond donors (Lipinski definition) is 2. The van der Waals surface area contributed by atoms with Gasteiger partial charge in [0.1, 0.15) is 5.75 Å². The minimum absolute atomic E-state index is 0.0328. The predicted molar refractivity (Wildman–Crippen MR) is 74.9 cm³/mol. The lowest BCUT2D eigenvalue weighted by Gasteiger charge is -2.20. The van der Waals surface area contributed by atoms with Crippen LogP contribution >= 0.6 is 0 Å². The highest BCUT2D eigenvalue weighted by atomic mass is 16.5. The van der Waals surface area contributed by atoms with Crippen molar-refractivity contribution in [2.45, 2.75) is 19.8 Å². The third-order valence-electron chi connectivity index (χ3n) is 2.81. The molecule has 0 aliphatic heterocycles. The van der Waals surface area contributed by atoms with Crippen molar-refractivity contribution in [2.24, 2.45) is 0 Å². The summed E-state index contributed by atoms with van der Waals surface area (Å²) in [6.45, 7) is 3.56. The van der Waals surface area contributed by atoms with Crippen LogP contribution in [0.15, 0.2) is 24.3 Å². The van der Waals surface area contributed by atoms with Crippen LogP contribution in [-0.4, -0.2) is 42.2 Å². The number of aliphatic hydroxyl groups is 1. The first-order valence-corrected chi connectivity index (χ1v) is 6.55. The van der Waals surface area contributed by atoms with E-state index < -0.39 is 0 Å². The maximum Gasteiger partial charge on any atom is 0.225 e. The topological polar surface area (TPSA) is 75.8 Å². The van der Waals surface area contributed by atoms with E-state index >= 15 is 0 Å².